The maximum Gasteiger partial charge on any atom is 0.416 e. The molecule has 0 spiro atoms. The lowest BCUT2D eigenvalue weighted by atomic mass is 10.1. The number of nitrogens with zero attached hydrogens (tertiary/aromatic N) is 2. The van der Waals surface area contributed by atoms with Crippen molar-refractivity contribution in [2.24, 2.45) is 12.0 Å². The van der Waals surface area contributed by atoms with E-state index >= 15 is 0 Å². The molecular formula is C16H10F4N2OS. The molecule has 24 heavy (non-hydrogen) atoms. The SMILES string of the molecule is Cn1c(=NC(=O)c2cccc(C(F)(F)F)c2)sc2cc(F)ccc21. The fourth-order valence-corrected chi connectivity index (χ4v) is 3.24. The molecule has 2 aromatic carbocycles. The molecular weight excluding hydrogens is 344 g/mol. The number of carbonyl (C=O) groups is 1. The number of aromatic nitrogens is 1. The number of hydrogen-bond acceptors (Lipinski definition) is 2. The van der Waals surface area contributed by atoms with Crippen molar-refractivity contribution < 1.29 is 22.4 Å². The first-order chi connectivity index (χ1) is 11.3. The molecule has 3 rings (SSSR count). The molecule has 3 aromatic rings. The highest BCUT2D eigenvalue weighted by Gasteiger charge is 2.30. The van der Waals surface area contributed by atoms with Gasteiger partial charge in [0.2, 0.25) is 0 Å². The fraction of sp³-hybridized carbons (Fsp3) is 0.125. The third-order valence-electron chi connectivity index (χ3n) is 3.41. The Kier molecular flexibility index (Phi) is 4.00. The second-order valence-electron chi connectivity index (χ2n) is 5.05. The fourth-order valence-electron chi connectivity index (χ4n) is 2.19. The summed E-state index contributed by atoms with van der Waals surface area (Å²) in [5, 5.41) is 0. The quantitative estimate of drug-likeness (QED) is 0.605. The van der Waals surface area contributed by atoms with Crippen molar-refractivity contribution in [3.8, 4) is 0 Å². The smallest absolute Gasteiger partial charge is 0.319 e. The predicted molar refractivity (Wildman–Crippen MR) is 82.1 cm³/mol. The molecule has 3 nitrogen and oxygen atoms in total. The minimum absolute atomic E-state index is 0.159. The average Bonchev–Trinajstić information content (AvgIpc) is 2.82. The van der Waals surface area contributed by atoms with Crippen LogP contribution >= 0.6 is 11.3 Å². The number of thiazole rings is 1. The number of fused-ring (bicyclic) bond motifs is 1. The van der Waals surface area contributed by atoms with Gasteiger partial charge in [0.25, 0.3) is 5.91 Å². The summed E-state index contributed by atoms with van der Waals surface area (Å²) in [5.74, 6) is -1.20. The first kappa shape index (κ1) is 16.4. The zero-order chi connectivity index (χ0) is 17.5. The van der Waals surface area contributed by atoms with Crippen LogP contribution < -0.4 is 4.80 Å². The minimum atomic E-state index is -4.53. The van der Waals surface area contributed by atoms with Crippen molar-refractivity contribution in [1.29, 1.82) is 0 Å². The number of benzene rings is 2. The van der Waals surface area contributed by atoms with Gasteiger partial charge >= 0.3 is 6.18 Å². The lowest BCUT2D eigenvalue weighted by Gasteiger charge is -2.06. The molecule has 0 radical (unpaired) electrons. The van der Waals surface area contributed by atoms with Crippen molar-refractivity contribution in [2.45, 2.75) is 6.18 Å². The number of aryl methyl sites for hydroxylation is 1. The van der Waals surface area contributed by atoms with Gasteiger partial charge in [-0.25, -0.2) is 4.39 Å². The number of hydrogen-bond donors (Lipinski definition) is 0. The van der Waals surface area contributed by atoms with E-state index in [-0.39, 0.29) is 10.4 Å². The Morgan fingerprint density at radius 3 is 2.62 bits per heavy atom. The number of halogens is 4. The summed E-state index contributed by atoms with van der Waals surface area (Å²) in [6.07, 6.45) is -4.53. The van der Waals surface area contributed by atoms with Gasteiger partial charge in [-0.15, -0.1) is 0 Å². The van der Waals surface area contributed by atoms with E-state index in [2.05, 4.69) is 4.99 Å². The van der Waals surface area contributed by atoms with Crippen molar-refractivity contribution in [2.75, 3.05) is 0 Å². The zero-order valence-corrected chi connectivity index (χ0v) is 13.1. The van der Waals surface area contributed by atoms with Crippen LogP contribution in [-0.2, 0) is 13.2 Å². The van der Waals surface area contributed by atoms with Gasteiger partial charge in [-0.2, -0.15) is 18.2 Å². The molecule has 0 unspecified atom stereocenters. The van der Waals surface area contributed by atoms with E-state index in [9.17, 15) is 22.4 Å². The van der Waals surface area contributed by atoms with Gasteiger partial charge in [-0.05, 0) is 36.4 Å². The van der Waals surface area contributed by atoms with Crippen LogP contribution in [0.1, 0.15) is 15.9 Å². The second-order valence-corrected chi connectivity index (χ2v) is 6.06. The Morgan fingerprint density at radius 2 is 1.92 bits per heavy atom. The van der Waals surface area contributed by atoms with E-state index in [4.69, 9.17) is 0 Å². The van der Waals surface area contributed by atoms with Crippen LogP contribution in [0.15, 0.2) is 47.5 Å². The molecule has 0 N–H and O–H groups in total. The van der Waals surface area contributed by atoms with Crippen LogP contribution in [0.25, 0.3) is 10.2 Å². The molecule has 124 valence electrons. The van der Waals surface area contributed by atoms with Crippen LogP contribution in [0.4, 0.5) is 17.6 Å². The summed E-state index contributed by atoms with van der Waals surface area (Å²) in [7, 11) is 1.65. The topological polar surface area (TPSA) is 34.4 Å². The maximum absolute atomic E-state index is 13.3. The molecule has 0 saturated heterocycles. The third kappa shape index (κ3) is 3.09. The Balaban J connectivity index is 2.06. The predicted octanol–water partition coefficient (Wildman–Crippen LogP) is 4.14. The van der Waals surface area contributed by atoms with Crippen molar-refractivity contribution in [3.63, 3.8) is 0 Å². The van der Waals surface area contributed by atoms with Crippen LogP contribution in [0.5, 0.6) is 0 Å². The van der Waals surface area contributed by atoms with E-state index in [1.807, 2.05) is 0 Å². The standard InChI is InChI=1S/C16H10F4N2OS/c1-22-12-6-5-11(17)8-13(12)24-15(22)21-14(23)9-3-2-4-10(7-9)16(18,19)20/h2-8H,1H3. The summed E-state index contributed by atoms with van der Waals surface area (Å²) in [4.78, 5) is 16.3. The molecule has 0 atom stereocenters. The van der Waals surface area contributed by atoms with Crippen LogP contribution in [-0.4, -0.2) is 10.5 Å². The Labute approximate surface area is 137 Å². The number of alkyl halides is 3. The molecule has 0 saturated carbocycles. The zero-order valence-electron chi connectivity index (χ0n) is 12.3. The lowest BCUT2D eigenvalue weighted by Crippen LogP contribution is -2.14. The van der Waals surface area contributed by atoms with E-state index in [1.165, 1.54) is 18.2 Å². The molecule has 0 aliphatic heterocycles. The highest BCUT2D eigenvalue weighted by Crippen LogP contribution is 2.29. The summed E-state index contributed by atoms with van der Waals surface area (Å²) in [6, 6.07) is 8.23. The van der Waals surface area contributed by atoms with Gasteiger partial charge in [0.1, 0.15) is 5.82 Å². The second kappa shape index (κ2) is 5.86. The van der Waals surface area contributed by atoms with Crippen LogP contribution in [0.2, 0.25) is 0 Å². The van der Waals surface area contributed by atoms with Crippen LogP contribution in [0, 0.1) is 5.82 Å². The summed E-state index contributed by atoms with van der Waals surface area (Å²) in [5.41, 5.74) is -0.392. The van der Waals surface area contributed by atoms with Gasteiger partial charge < -0.3 is 4.57 Å². The van der Waals surface area contributed by atoms with E-state index in [0.29, 0.717) is 10.2 Å². The lowest BCUT2D eigenvalue weighted by molar-refractivity contribution is -0.137. The molecule has 0 bridgehead atoms. The molecule has 0 fully saturated rings. The van der Waals surface area contributed by atoms with Crippen molar-refractivity contribution in [3.05, 3.63) is 64.2 Å². The monoisotopic (exact) mass is 354 g/mol. The van der Waals surface area contributed by atoms with Crippen LogP contribution in [0.3, 0.4) is 0 Å². The normalized spacial score (nSPS) is 12.8. The van der Waals surface area contributed by atoms with Gasteiger partial charge in [-0.3, -0.25) is 4.79 Å². The molecule has 0 aliphatic rings. The molecule has 8 heteroatoms. The maximum atomic E-state index is 13.3. The van der Waals surface area contributed by atoms with Gasteiger partial charge in [0.05, 0.1) is 15.8 Å². The summed E-state index contributed by atoms with van der Waals surface area (Å²) < 4.78 is 53.6. The first-order valence-electron chi connectivity index (χ1n) is 6.77. The number of rotatable bonds is 1. The Hall–Kier alpha value is -2.48. The average molecular weight is 354 g/mol. The van der Waals surface area contributed by atoms with Crippen molar-refractivity contribution in [1.82, 2.24) is 4.57 Å². The first-order valence-corrected chi connectivity index (χ1v) is 7.59. The molecule has 1 amide bonds. The molecule has 0 aliphatic carbocycles. The minimum Gasteiger partial charge on any atom is -0.319 e. The van der Waals surface area contributed by atoms with E-state index < -0.39 is 23.5 Å². The van der Waals surface area contributed by atoms with Gasteiger partial charge in [0.15, 0.2) is 4.80 Å². The largest absolute Gasteiger partial charge is 0.416 e. The number of carbonyl (C=O) groups excluding carboxylic acids is 1. The van der Waals surface area contributed by atoms with Crippen molar-refractivity contribution >= 4 is 27.5 Å². The van der Waals surface area contributed by atoms with Gasteiger partial charge in [0, 0.05) is 12.6 Å². The summed E-state index contributed by atoms with van der Waals surface area (Å²) >= 11 is 1.08. The van der Waals surface area contributed by atoms with E-state index in [0.717, 1.165) is 29.5 Å². The highest BCUT2D eigenvalue weighted by atomic mass is 32.1. The Bertz CT molecular complexity index is 1000. The molecule has 1 aromatic heterocycles. The summed E-state index contributed by atoms with van der Waals surface area (Å²) in [6.45, 7) is 0. The highest BCUT2D eigenvalue weighted by molar-refractivity contribution is 7.16. The van der Waals surface area contributed by atoms with E-state index in [1.54, 1.807) is 17.7 Å². The molecule has 1 heterocycles. The Morgan fingerprint density at radius 1 is 1.17 bits per heavy atom. The van der Waals surface area contributed by atoms with Gasteiger partial charge in [-0.1, -0.05) is 17.4 Å². The number of amides is 1. The third-order valence-corrected chi connectivity index (χ3v) is 4.50.